The van der Waals surface area contributed by atoms with Crippen molar-refractivity contribution < 1.29 is 18.3 Å². The van der Waals surface area contributed by atoms with Crippen LogP contribution in [0.2, 0.25) is 0 Å². The smallest absolute Gasteiger partial charge is 0.243 e. The van der Waals surface area contributed by atoms with Crippen molar-refractivity contribution >= 4 is 15.9 Å². The van der Waals surface area contributed by atoms with Crippen molar-refractivity contribution in [3.05, 3.63) is 29.3 Å². The van der Waals surface area contributed by atoms with Gasteiger partial charge in [-0.3, -0.25) is 4.79 Å². The van der Waals surface area contributed by atoms with Gasteiger partial charge >= 0.3 is 0 Å². The van der Waals surface area contributed by atoms with Crippen molar-refractivity contribution in [1.29, 1.82) is 0 Å². The number of carbonyl (C=O) groups excluding carboxylic acids is 1. The highest BCUT2D eigenvalue weighted by Gasteiger charge is 2.32. The first-order valence-electron chi connectivity index (χ1n) is 10.3. The monoisotopic (exact) mass is 408 g/mol. The van der Waals surface area contributed by atoms with Gasteiger partial charge in [0, 0.05) is 25.6 Å². The molecule has 1 saturated heterocycles. The molecule has 0 spiro atoms. The number of aryl methyl sites for hydroxylation is 2. The first-order chi connectivity index (χ1) is 13.3. The number of sulfonamides is 1. The van der Waals surface area contributed by atoms with Gasteiger partial charge in [0.1, 0.15) is 0 Å². The number of hydrogen-bond donors (Lipinski definition) is 2. The van der Waals surface area contributed by atoms with E-state index < -0.39 is 10.0 Å². The topological polar surface area (TPSA) is 86.7 Å². The Bertz CT molecular complexity index is 799. The molecule has 2 N–H and O–H groups in total. The van der Waals surface area contributed by atoms with Crippen LogP contribution in [0.25, 0.3) is 0 Å². The molecule has 0 saturated carbocycles. The Labute approximate surface area is 168 Å². The number of piperidine rings is 1. The molecule has 0 radical (unpaired) electrons. The van der Waals surface area contributed by atoms with Gasteiger partial charge in [0.2, 0.25) is 15.9 Å². The molecule has 1 fully saturated rings. The minimum Gasteiger partial charge on any atom is -0.393 e. The molecular formula is C21H32N2O4S. The number of fused-ring (bicyclic) bond motifs is 1. The summed E-state index contributed by atoms with van der Waals surface area (Å²) in [7, 11) is -3.50. The average molecular weight is 409 g/mol. The summed E-state index contributed by atoms with van der Waals surface area (Å²) in [6.45, 7) is 5.03. The third-order valence-electron chi connectivity index (χ3n) is 5.90. The van der Waals surface area contributed by atoms with E-state index in [2.05, 4.69) is 5.32 Å². The minimum atomic E-state index is -3.50. The SMILES string of the molecule is C[C@H](CNC(=O)C1CCN(S(=O)(=O)c2ccc3c(c2)CCC3)CC1)C[C@@H](C)O. The molecule has 1 heterocycles. The lowest BCUT2D eigenvalue weighted by atomic mass is 9.96. The number of hydrogen-bond acceptors (Lipinski definition) is 4. The minimum absolute atomic E-state index is 0.00739. The van der Waals surface area contributed by atoms with E-state index in [9.17, 15) is 18.3 Å². The number of nitrogens with zero attached hydrogens (tertiary/aromatic N) is 1. The summed E-state index contributed by atoms with van der Waals surface area (Å²) in [5, 5.41) is 12.4. The van der Waals surface area contributed by atoms with E-state index in [-0.39, 0.29) is 23.8 Å². The highest BCUT2D eigenvalue weighted by atomic mass is 32.2. The second kappa shape index (κ2) is 8.93. The molecule has 1 aliphatic heterocycles. The first kappa shape index (κ1) is 21.3. The van der Waals surface area contributed by atoms with E-state index in [1.54, 1.807) is 13.0 Å². The van der Waals surface area contributed by atoms with Crippen LogP contribution in [0.4, 0.5) is 0 Å². The van der Waals surface area contributed by atoms with Crippen LogP contribution in [0.3, 0.4) is 0 Å². The number of aliphatic hydroxyl groups is 1. The van der Waals surface area contributed by atoms with E-state index in [0.717, 1.165) is 24.8 Å². The molecule has 1 amide bonds. The Morgan fingerprint density at radius 1 is 1.21 bits per heavy atom. The second-order valence-electron chi connectivity index (χ2n) is 8.40. The van der Waals surface area contributed by atoms with Crippen molar-refractivity contribution in [3.63, 3.8) is 0 Å². The molecule has 0 aromatic heterocycles. The maximum atomic E-state index is 13.0. The number of nitrogens with one attached hydrogen (secondary N) is 1. The van der Waals surface area contributed by atoms with Crippen molar-refractivity contribution in [3.8, 4) is 0 Å². The predicted molar refractivity (Wildman–Crippen MR) is 108 cm³/mol. The number of amides is 1. The van der Waals surface area contributed by atoms with Gasteiger partial charge in [0.05, 0.1) is 11.0 Å². The summed E-state index contributed by atoms with van der Waals surface area (Å²) in [6, 6.07) is 5.51. The Morgan fingerprint density at radius 2 is 1.89 bits per heavy atom. The van der Waals surface area contributed by atoms with Crippen molar-refractivity contribution in [2.24, 2.45) is 11.8 Å². The Hall–Kier alpha value is -1.44. The molecule has 6 nitrogen and oxygen atoms in total. The zero-order valence-electron chi connectivity index (χ0n) is 16.9. The van der Waals surface area contributed by atoms with E-state index >= 15 is 0 Å². The fourth-order valence-electron chi connectivity index (χ4n) is 4.30. The zero-order valence-corrected chi connectivity index (χ0v) is 17.7. The number of aliphatic hydroxyl groups excluding tert-OH is 1. The van der Waals surface area contributed by atoms with Crippen molar-refractivity contribution in [2.45, 2.75) is 63.4 Å². The maximum Gasteiger partial charge on any atom is 0.243 e. The molecular weight excluding hydrogens is 376 g/mol. The van der Waals surface area contributed by atoms with Crippen LogP contribution >= 0.6 is 0 Å². The predicted octanol–water partition coefficient (Wildman–Crippen LogP) is 2.10. The van der Waals surface area contributed by atoms with Crippen LogP contribution in [0, 0.1) is 11.8 Å². The average Bonchev–Trinajstić information content (AvgIpc) is 3.13. The Kier molecular flexibility index (Phi) is 6.78. The van der Waals surface area contributed by atoms with Crippen LogP contribution in [0.5, 0.6) is 0 Å². The summed E-state index contributed by atoms with van der Waals surface area (Å²) < 4.78 is 27.5. The molecule has 1 aromatic rings. The van der Waals surface area contributed by atoms with Gasteiger partial charge < -0.3 is 10.4 Å². The van der Waals surface area contributed by atoms with Gasteiger partial charge in [-0.25, -0.2) is 8.42 Å². The van der Waals surface area contributed by atoms with Crippen LogP contribution in [0.15, 0.2) is 23.1 Å². The van der Waals surface area contributed by atoms with Gasteiger partial charge in [-0.2, -0.15) is 4.31 Å². The molecule has 7 heteroatoms. The highest BCUT2D eigenvalue weighted by molar-refractivity contribution is 7.89. The molecule has 2 atom stereocenters. The van der Waals surface area contributed by atoms with Gasteiger partial charge in [0.15, 0.2) is 0 Å². The van der Waals surface area contributed by atoms with Crippen LogP contribution < -0.4 is 5.32 Å². The maximum absolute atomic E-state index is 13.0. The Morgan fingerprint density at radius 3 is 2.57 bits per heavy atom. The molecule has 2 aliphatic rings. The van der Waals surface area contributed by atoms with Crippen molar-refractivity contribution in [2.75, 3.05) is 19.6 Å². The molecule has 3 rings (SSSR count). The zero-order chi connectivity index (χ0) is 20.3. The van der Waals surface area contributed by atoms with Crippen molar-refractivity contribution in [1.82, 2.24) is 9.62 Å². The number of benzene rings is 1. The second-order valence-corrected chi connectivity index (χ2v) is 10.3. The van der Waals surface area contributed by atoms with E-state index in [1.807, 2.05) is 19.1 Å². The molecule has 28 heavy (non-hydrogen) atoms. The van der Waals surface area contributed by atoms with Crippen LogP contribution in [-0.2, 0) is 27.7 Å². The van der Waals surface area contributed by atoms with Gasteiger partial charge in [-0.15, -0.1) is 0 Å². The Balaban J connectivity index is 1.53. The molecule has 156 valence electrons. The third kappa shape index (κ3) is 4.93. The molecule has 0 bridgehead atoms. The van der Waals surface area contributed by atoms with E-state index in [1.165, 1.54) is 9.87 Å². The number of rotatable bonds is 7. The summed E-state index contributed by atoms with van der Waals surface area (Å²) in [5.41, 5.74) is 2.42. The fourth-order valence-corrected chi connectivity index (χ4v) is 5.82. The number of carbonyl (C=O) groups is 1. The van der Waals surface area contributed by atoms with Crippen LogP contribution in [-0.4, -0.2) is 49.5 Å². The van der Waals surface area contributed by atoms with Gasteiger partial charge in [0.25, 0.3) is 0 Å². The van der Waals surface area contributed by atoms with Crippen LogP contribution in [0.1, 0.15) is 50.7 Å². The summed E-state index contributed by atoms with van der Waals surface area (Å²) in [4.78, 5) is 12.8. The van der Waals surface area contributed by atoms with E-state index in [0.29, 0.717) is 43.8 Å². The normalized spacial score (nSPS) is 20.5. The molecule has 0 unspecified atom stereocenters. The summed E-state index contributed by atoms with van der Waals surface area (Å²) in [6.07, 6.45) is 4.44. The standard InChI is InChI=1S/C21H32N2O4S/c1-15(12-16(2)24)14-22-21(25)18-8-10-23(11-9-18)28(26,27)20-7-6-17-4-3-5-19(17)13-20/h6-7,13,15-16,18,24H,3-5,8-12,14H2,1-2H3,(H,22,25)/t15-,16+/m0/s1. The van der Waals surface area contributed by atoms with Gasteiger partial charge in [-0.1, -0.05) is 13.0 Å². The lowest BCUT2D eigenvalue weighted by Crippen LogP contribution is -2.43. The third-order valence-corrected chi connectivity index (χ3v) is 7.80. The largest absolute Gasteiger partial charge is 0.393 e. The first-order valence-corrected chi connectivity index (χ1v) is 11.8. The molecule has 1 aliphatic carbocycles. The van der Waals surface area contributed by atoms with E-state index in [4.69, 9.17) is 0 Å². The highest BCUT2D eigenvalue weighted by Crippen LogP contribution is 2.28. The summed E-state index contributed by atoms with van der Waals surface area (Å²) in [5.74, 6) is 0.0569. The lowest BCUT2D eigenvalue weighted by Gasteiger charge is -2.31. The fraction of sp³-hybridized carbons (Fsp3) is 0.667. The lowest BCUT2D eigenvalue weighted by molar-refractivity contribution is -0.126. The molecule has 1 aromatic carbocycles. The van der Waals surface area contributed by atoms with Gasteiger partial charge in [-0.05, 0) is 74.6 Å². The quantitative estimate of drug-likeness (QED) is 0.723. The summed E-state index contributed by atoms with van der Waals surface area (Å²) >= 11 is 0.